The number of ether oxygens (including phenoxy) is 3. The third kappa shape index (κ3) is 7.31. The highest BCUT2D eigenvalue weighted by Crippen LogP contribution is 2.33. The van der Waals surface area contributed by atoms with E-state index < -0.39 is 0 Å². The summed E-state index contributed by atoms with van der Waals surface area (Å²) in [5.74, 6) is 0.501. The van der Waals surface area contributed by atoms with Crippen LogP contribution < -0.4 is 0 Å². The van der Waals surface area contributed by atoms with Gasteiger partial charge in [0, 0.05) is 13.0 Å². The molecule has 164 valence electrons. The zero-order valence-electron chi connectivity index (χ0n) is 18.9. The molecular formula is C23H43NO4. The molecule has 5 heteroatoms. The lowest BCUT2D eigenvalue weighted by molar-refractivity contribution is -0.180. The van der Waals surface area contributed by atoms with Crippen molar-refractivity contribution in [2.45, 2.75) is 103 Å². The Kier molecular flexibility index (Phi) is 9.72. The molecule has 5 nitrogen and oxygen atoms in total. The Hall–Kier alpha value is -0.650. The molecule has 1 saturated carbocycles. The van der Waals surface area contributed by atoms with Gasteiger partial charge in [0.25, 0.3) is 0 Å². The third-order valence-electron chi connectivity index (χ3n) is 6.75. The van der Waals surface area contributed by atoms with Crippen molar-refractivity contribution in [1.29, 1.82) is 0 Å². The molecule has 0 N–H and O–H groups in total. The van der Waals surface area contributed by atoms with Crippen molar-refractivity contribution in [2.24, 2.45) is 11.3 Å². The number of likely N-dealkylation sites (tertiary alicyclic amines) is 1. The minimum absolute atomic E-state index is 0.0249. The van der Waals surface area contributed by atoms with Crippen molar-refractivity contribution in [3.8, 4) is 0 Å². The van der Waals surface area contributed by atoms with E-state index in [1.807, 2.05) is 0 Å². The second kappa shape index (κ2) is 11.5. The summed E-state index contributed by atoms with van der Waals surface area (Å²) in [7, 11) is 3.27. The lowest BCUT2D eigenvalue weighted by atomic mass is 9.82. The van der Waals surface area contributed by atoms with Gasteiger partial charge in [0.2, 0.25) is 0 Å². The van der Waals surface area contributed by atoms with Crippen LogP contribution in [0.5, 0.6) is 0 Å². The van der Waals surface area contributed by atoms with E-state index in [1.165, 1.54) is 39.2 Å². The Balaban J connectivity index is 1.67. The number of rotatable bonds is 12. The van der Waals surface area contributed by atoms with Gasteiger partial charge in [0.15, 0.2) is 6.29 Å². The number of hydrogen-bond donors (Lipinski definition) is 0. The van der Waals surface area contributed by atoms with Crippen LogP contribution in [-0.4, -0.2) is 56.6 Å². The van der Waals surface area contributed by atoms with Crippen LogP contribution in [0.25, 0.3) is 0 Å². The standard InChI is InChI=1S/C23H43NO4/c1-18(28-22(27-5)19-10-6-7-11-19)13-15-23(2,3)14-9-17-24-16-8-12-20(24)21(25)26-4/h18-20,22H,6-17H2,1-5H3/t18?,20-,22+/m0/s1. The highest BCUT2D eigenvalue weighted by molar-refractivity contribution is 5.75. The number of carbonyl (C=O) groups excluding carboxylic acids is 1. The normalized spacial score (nSPS) is 23.8. The van der Waals surface area contributed by atoms with E-state index in [-0.39, 0.29) is 29.8 Å². The van der Waals surface area contributed by atoms with Crippen molar-refractivity contribution in [2.75, 3.05) is 27.3 Å². The van der Waals surface area contributed by atoms with Gasteiger partial charge in [0.1, 0.15) is 6.04 Å². The van der Waals surface area contributed by atoms with E-state index in [4.69, 9.17) is 14.2 Å². The molecule has 1 heterocycles. The van der Waals surface area contributed by atoms with E-state index in [0.29, 0.717) is 5.92 Å². The zero-order chi connectivity index (χ0) is 20.6. The Morgan fingerprint density at radius 3 is 2.46 bits per heavy atom. The molecule has 0 radical (unpaired) electrons. The predicted octanol–water partition coefficient (Wildman–Crippen LogP) is 4.78. The second-order valence-corrected chi connectivity index (χ2v) is 9.62. The van der Waals surface area contributed by atoms with Crippen LogP contribution >= 0.6 is 0 Å². The van der Waals surface area contributed by atoms with E-state index in [0.717, 1.165) is 45.2 Å². The number of methoxy groups -OCH3 is 2. The summed E-state index contributed by atoms with van der Waals surface area (Å²) in [6.07, 6.45) is 11.8. The fourth-order valence-electron chi connectivity index (χ4n) is 4.86. The lowest BCUT2D eigenvalue weighted by Crippen LogP contribution is -2.37. The number of nitrogens with zero attached hydrogens (tertiary/aromatic N) is 1. The predicted molar refractivity (Wildman–Crippen MR) is 112 cm³/mol. The quantitative estimate of drug-likeness (QED) is 0.350. The summed E-state index contributed by atoms with van der Waals surface area (Å²) in [5.41, 5.74) is 0.286. The average molecular weight is 398 g/mol. The zero-order valence-corrected chi connectivity index (χ0v) is 18.9. The summed E-state index contributed by atoms with van der Waals surface area (Å²) >= 11 is 0. The SMILES string of the molecule is COC(=O)[C@@H]1CCCN1CCCC(C)(C)CCC(C)O[C@@H](OC)C1CCCC1. The van der Waals surface area contributed by atoms with Gasteiger partial charge >= 0.3 is 5.97 Å². The first-order valence-corrected chi connectivity index (χ1v) is 11.4. The highest BCUT2D eigenvalue weighted by Gasteiger charge is 2.31. The monoisotopic (exact) mass is 397 g/mol. The van der Waals surface area contributed by atoms with Crippen molar-refractivity contribution < 1.29 is 19.0 Å². The molecule has 1 saturated heterocycles. The maximum atomic E-state index is 11.9. The first kappa shape index (κ1) is 23.6. The van der Waals surface area contributed by atoms with Gasteiger partial charge in [-0.2, -0.15) is 0 Å². The van der Waals surface area contributed by atoms with Gasteiger partial charge in [-0.05, 0) is 76.8 Å². The molecule has 28 heavy (non-hydrogen) atoms. The average Bonchev–Trinajstić information content (AvgIpc) is 3.36. The van der Waals surface area contributed by atoms with Gasteiger partial charge in [-0.15, -0.1) is 0 Å². The van der Waals surface area contributed by atoms with Crippen LogP contribution in [0.1, 0.15) is 85.0 Å². The molecule has 1 aliphatic heterocycles. The fourth-order valence-corrected chi connectivity index (χ4v) is 4.86. The first-order chi connectivity index (χ1) is 13.4. The molecule has 0 amide bonds. The maximum absolute atomic E-state index is 11.9. The molecule has 0 bridgehead atoms. The molecule has 2 fully saturated rings. The molecule has 3 atom stereocenters. The molecule has 0 aromatic carbocycles. The minimum Gasteiger partial charge on any atom is -0.468 e. The van der Waals surface area contributed by atoms with E-state index in [1.54, 1.807) is 7.11 Å². The van der Waals surface area contributed by atoms with E-state index in [2.05, 4.69) is 25.7 Å². The molecule has 0 spiro atoms. The lowest BCUT2D eigenvalue weighted by Gasteiger charge is -2.30. The Bertz CT molecular complexity index is 462. The van der Waals surface area contributed by atoms with Gasteiger partial charge in [-0.25, -0.2) is 0 Å². The van der Waals surface area contributed by atoms with Gasteiger partial charge in [-0.3, -0.25) is 9.69 Å². The van der Waals surface area contributed by atoms with Crippen molar-refractivity contribution in [3.05, 3.63) is 0 Å². The van der Waals surface area contributed by atoms with Crippen LogP contribution in [0.15, 0.2) is 0 Å². The Labute approximate surface area is 172 Å². The van der Waals surface area contributed by atoms with Crippen LogP contribution in [0.2, 0.25) is 0 Å². The number of hydrogen-bond acceptors (Lipinski definition) is 5. The molecule has 1 aliphatic carbocycles. The largest absolute Gasteiger partial charge is 0.468 e. The third-order valence-corrected chi connectivity index (χ3v) is 6.75. The topological polar surface area (TPSA) is 48.0 Å². The number of carbonyl (C=O) groups is 1. The van der Waals surface area contributed by atoms with Gasteiger partial charge in [0.05, 0.1) is 13.2 Å². The van der Waals surface area contributed by atoms with Gasteiger partial charge < -0.3 is 14.2 Å². The molecule has 0 aromatic rings. The second-order valence-electron chi connectivity index (χ2n) is 9.62. The Morgan fingerprint density at radius 1 is 1.11 bits per heavy atom. The molecule has 2 aliphatic rings. The minimum atomic E-state index is -0.0716. The Morgan fingerprint density at radius 2 is 1.82 bits per heavy atom. The summed E-state index contributed by atoms with van der Waals surface area (Å²) in [6.45, 7) is 8.90. The van der Waals surface area contributed by atoms with Crippen molar-refractivity contribution in [1.82, 2.24) is 4.90 Å². The molecule has 1 unspecified atom stereocenters. The summed E-state index contributed by atoms with van der Waals surface area (Å²) in [5, 5.41) is 0. The van der Waals surface area contributed by atoms with Gasteiger partial charge in [-0.1, -0.05) is 26.7 Å². The summed E-state index contributed by atoms with van der Waals surface area (Å²) in [4.78, 5) is 14.2. The molecular weight excluding hydrogens is 354 g/mol. The van der Waals surface area contributed by atoms with Crippen LogP contribution in [0.3, 0.4) is 0 Å². The summed E-state index contributed by atoms with van der Waals surface area (Å²) < 4.78 is 16.8. The molecule has 0 aromatic heterocycles. The van der Waals surface area contributed by atoms with E-state index in [9.17, 15) is 4.79 Å². The first-order valence-electron chi connectivity index (χ1n) is 11.4. The van der Waals surface area contributed by atoms with Crippen LogP contribution in [0.4, 0.5) is 0 Å². The number of esters is 1. The van der Waals surface area contributed by atoms with Crippen LogP contribution in [0, 0.1) is 11.3 Å². The molecule has 2 rings (SSSR count). The fraction of sp³-hybridized carbons (Fsp3) is 0.957. The van der Waals surface area contributed by atoms with Crippen LogP contribution in [-0.2, 0) is 19.0 Å². The maximum Gasteiger partial charge on any atom is 0.323 e. The van der Waals surface area contributed by atoms with E-state index >= 15 is 0 Å². The highest BCUT2D eigenvalue weighted by atomic mass is 16.7. The van der Waals surface area contributed by atoms with Crippen molar-refractivity contribution in [3.63, 3.8) is 0 Å². The summed E-state index contributed by atoms with van der Waals surface area (Å²) in [6, 6.07) is -0.0249. The van der Waals surface area contributed by atoms with Crippen molar-refractivity contribution >= 4 is 5.97 Å². The smallest absolute Gasteiger partial charge is 0.323 e.